The second kappa shape index (κ2) is 5.79. The van der Waals surface area contributed by atoms with Crippen LogP contribution in [0, 0.1) is 18.8 Å². The molecule has 0 saturated heterocycles. The average Bonchev–Trinajstić information content (AvgIpc) is 2.34. The van der Waals surface area contributed by atoms with Crippen LogP contribution in [-0.4, -0.2) is 16.0 Å². The summed E-state index contributed by atoms with van der Waals surface area (Å²) in [6.07, 6.45) is 7.45. The third-order valence-electron chi connectivity index (χ3n) is 4.41. The van der Waals surface area contributed by atoms with E-state index in [1.807, 2.05) is 6.92 Å². The van der Waals surface area contributed by atoms with E-state index in [4.69, 9.17) is 0 Å². The normalized spacial score (nSPS) is 30.1. The first kappa shape index (κ1) is 13.5. The molecule has 1 aliphatic carbocycles. The Labute approximate surface area is 110 Å². The summed E-state index contributed by atoms with van der Waals surface area (Å²) >= 11 is 0. The van der Waals surface area contributed by atoms with Gasteiger partial charge in [-0.1, -0.05) is 13.8 Å². The molecule has 1 saturated carbocycles. The number of aromatic nitrogens is 2. The average molecular weight is 247 g/mol. The summed E-state index contributed by atoms with van der Waals surface area (Å²) in [5.74, 6) is 1.70. The van der Waals surface area contributed by atoms with Gasteiger partial charge in [0, 0.05) is 24.5 Å². The van der Waals surface area contributed by atoms with Crippen LogP contribution < -0.4 is 5.32 Å². The summed E-state index contributed by atoms with van der Waals surface area (Å²) in [5.41, 5.74) is 2.12. The fraction of sp³-hybridized carbons (Fsp3) is 0.733. The number of nitrogens with one attached hydrogen (secondary N) is 1. The highest BCUT2D eigenvalue weighted by atomic mass is 15.0. The molecule has 0 bridgehead atoms. The molecule has 4 unspecified atom stereocenters. The Kier molecular flexibility index (Phi) is 4.33. The van der Waals surface area contributed by atoms with E-state index in [9.17, 15) is 0 Å². The maximum atomic E-state index is 4.45. The molecule has 0 amide bonds. The van der Waals surface area contributed by atoms with Crippen LogP contribution in [0.5, 0.6) is 0 Å². The van der Waals surface area contributed by atoms with Crippen molar-refractivity contribution in [1.29, 1.82) is 0 Å². The van der Waals surface area contributed by atoms with Crippen LogP contribution in [0.2, 0.25) is 0 Å². The molecule has 100 valence electrons. The van der Waals surface area contributed by atoms with Crippen LogP contribution in [0.3, 0.4) is 0 Å². The quantitative estimate of drug-likeness (QED) is 0.891. The molecule has 2 rings (SSSR count). The fourth-order valence-electron chi connectivity index (χ4n) is 2.97. The predicted molar refractivity (Wildman–Crippen MR) is 74.3 cm³/mol. The van der Waals surface area contributed by atoms with Crippen molar-refractivity contribution >= 4 is 0 Å². The molecule has 1 fully saturated rings. The smallest absolute Gasteiger partial charge is 0.0782 e. The molecule has 0 spiro atoms. The van der Waals surface area contributed by atoms with E-state index >= 15 is 0 Å². The minimum atomic E-state index is 0.296. The lowest BCUT2D eigenvalue weighted by Crippen LogP contribution is -2.38. The van der Waals surface area contributed by atoms with Gasteiger partial charge in [0.05, 0.1) is 11.4 Å². The molecule has 0 aliphatic heterocycles. The molecule has 3 nitrogen and oxygen atoms in total. The van der Waals surface area contributed by atoms with Crippen molar-refractivity contribution < 1.29 is 0 Å². The van der Waals surface area contributed by atoms with Crippen molar-refractivity contribution in [1.82, 2.24) is 15.3 Å². The summed E-state index contributed by atoms with van der Waals surface area (Å²) in [6.45, 7) is 8.97. The minimum absolute atomic E-state index is 0.296. The van der Waals surface area contributed by atoms with E-state index in [2.05, 4.69) is 36.1 Å². The Morgan fingerprint density at radius 1 is 1.17 bits per heavy atom. The molecular weight excluding hydrogens is 222 g/mol. The molecule has 1 heterocycles. The van der Waals surface area contributed by atoms with E-state index in [0.29, 0.717) is 12.1 Å². The Hall–Kier alpha value is -0.960. The molecular formula is C15H25N3. The van der Waals surface area contributed by atoms with Gasteiger partial charge < -0.3 is 5.32 Å². The zero-order chi connectivity index (χ0) is 13.1. The maximum Gasteiger partial charge on any atom is 0.0782 e. The summed E-state index contributed by atoms with van der Waals surface area (Å²) in [5, 5.41) is 3.72. The molecule has 0 aromatic carbocycles. The van der Waals surface area contributed by atoms with Crippen molar-refractivity contribution in [3.8, 4) is 0 Å². The summed E-state index contributed by atoms with van der Waals surface area (Å²) < 4.78 is 0. The second-order valence-electron chi connectivity index (χ2n) is 5.88. The van der Waals surface area contributed by atoms with E-state index in [0.717, 1.165) is 23.2 Å². The lowest BCUT2D eigenvalue weighted by Gasteiger charge is -2.34. The molecule has 4 atom stereocenters. The van der Waals surface area contributed by atoms with Crippen LogP contribution in [-0.2, 0) is 0 Å². The third kappa shape index (κ3) is 3.08. The predicted octanol–water partition coefficient (Wildman–Crippen LogP) is 3.26. The largest absolute Gasteiger partial charge is 0.306 e. The van der Waals surface area contributed by atoms with Gasteiger partial charge in [-0.2, -0.15) is 0 Å². The third-order valence-corrected chi connectivity index (χ3v) is 4.41. The zero-order valence-electron chi connectivity index (χ0n) is 12.0. The Morgan fingerprint density at radius 2 is 1.89 bits per heavy atom. The lowest BCUT2D eigenvalue weighted by atomic mass is 9.79. The van der Waals surface area contributed by atoms with Crippen molar-refractivity contribution in [2.75, 3.05) is 0 Å². The van der Waals surface area contributed by atoms with Crippen LogP contribution in [0.1, 0.15) is 57.5 Å². The van der Waals surface area contributed by atoms with Gasteiger partial charge in [-0.15, -0.1) is 0 Å². The van der Waals surface area contributed by atoms with Gasteiger partial charge in [0.1, 0.15) is 0 Å². The van der Waals surface area contributed by atoms with E-state index in [1.54, 1.807) is 12.4 Å². The molecule has 3 heteroatoms. The summed E-state index contributed by atoms with van der Waals surface area (Å²) in [4.78, 5) is 8.77. The Morgan fingerprint density at radius 3 is 2.56 bits per heavy atom. The molecule has 1 aliphatic rings. The van der Waals surface area contributed by atoms with Crippen molar-refractivity contribution in [2.24, 2.45) is 11.8 Å². The lowest BCUT2D eigenvalue weighted by molar-refractivity contribution is 0.216. The number of hydrogen-bond donors (Lipinski definition) is 1. The van der Waals surface area contributed by atoms with Crippen LogP contribution >= 0.6 is 0 Å². The van der Waals surface area contributed by atoms with E-state index < -0.39 is 0 Å². The second-order valence-corrected chi connectivity index (χ2v) is 5.88. The SMILES string of the molecule is Cc1nccnc1C(C)NC1CCC(C)C(C)C1. The highest BCUT2D eigenvalue weighted by Gasteiger charge is 2.26. The van der Waals surface area contributed by atoms with Gasteiger partial charge in [0.15, 0.2) is 0 Å². The standard InChI is InChI=1S/C15H25N3/c1-10-5-6-14(9-11(10)2)18-13(4)15-12(3)16-7-8-17-15/h7-8,10-11,13-14,18H,5-6,9H2,1-4H3. The van der Waals surface area contributed by atoms with Gasteiger partial charge in [-0.25, -0.2) is 0 Å². The number of aryl methyl sites for hydroxylation is 1. The van der Waals surface area contributed by atoms with Gasteiger partial charge >= 0.3 is 0 Å². The Balaban J connectivity index is 1.96. The highest BCUT2D eigenvalue weighted by Crippen LogP contribution is 2.30. The molecule has 18 heavy (non-hydrogen) atoms. The molecule has 1 aromatic rings. The molecule has 1 aromatic heterocycles. The Bertz CT molecular complexity index is 391. The number of nitrogens with zero attached hydrogens (tertiary/aromatic N) is 2. The van der Waals surface area contributed by atoms with Crippen LogP contribution in [0.25, 0.3) is 0 Å². The van der Waals surface area contributed by atoms with Crippen molar-refractivity contribution in [2.45, 2.75) is 59.0 Å². The first-order chi connectivity index (χ1) is 8.58. The van der Waals surface area contributed by atoms with E-state index in [-0.39, 0.29) is 0 Å². The fourth-order valence-corrected chi connectivity index (χ4v) is 2.97. The van der Waals surface area contributed by atoms with E-state index in [1.165, 1.54) is 19.3 Å². The van der Waals surface area contributed by atoms with Crippen LogP contribution in [0.15, 0.2) is 12.4 Å². The highest BCUT2D eigenvalue weighted by molar-refractivity contribution is 5.12. The summed E-state index contributed by atoms with van der Waals surface area (Å²) in [6, 6.07) is 0.928. The van der Waals surface area contributed by atoms with Gasteiger partial charge in [-0.3, -0.25) is 9.97 Å². The maximum absolute atomic E-state index is 4.45. The van der Waals surface area contributed by atoms with Crippen LogP contribution in [0.4, 0.5) is 0 Å². The first-order valence-electron chi connectivity index (χ1n) is 7.11. The molecule has 0 radical (unpaired) electrons. The van der Waals surface area contributed by atoms with Gasteiger partial charge in [0.2, 0.25) is 0 Å². The monoisotopic (exact) mass is 247 g/mol. The van der Waals surface area contributed by atoms with Gasteiger partial charge in [-0.05, 0) is 44.9 Å². The molecule has 1 N–H and O–H groups in total. The summed E-state index contributed by atoms with van der Waals surface area (Å²) in [7, 11) is 0. The first-order valence-corrected chi connectivity index (χ1v) is 7.11. The number of hydrogen-bond acceptors (Lipinski definition) is 3. The minimum Gasteiger partial charge on any atom is -0.306 e. The topological polar surface area (TPSA) is 37.8 Å². The van der Waals surface area contributed by atoms with Crippen molar-refractivity contribution in [3.05, 3.63) is 23.8 Å². The zero-order valence-corrected chi connectivity index (χ0v) is 12.0. The van der Waals surface area contributed by atoms with Crippen molar-refractivity contribution in [3.63, 3.8) is 0 Å². The van der Waals surface area contributed by atoms with Gasteiger partial charge in [0.25, 0.3) is 0 Å². The number of rotatable bonds is 3.